The first-order valence-electron chi connectivity index (χ1n) is 8.79. The minimum atomic E-state index is 0.293. The Hall–Kier alpha value is -3.67. The van der Waals surface area contributed by atoms with Gasteiger partial charge in [0.25, 0.3) is 0 Å². The molecule has 3 aromatic carbocycles. The molecule has 3 rings (SSSR count). The number of anilines is 1. The van der Waals surface area contributed by atoms with Crippen LogP contribution in [0.15, 0.2) is 77.8 Å². The van der Waals surface area contributed by atoms with Gasteiger partial charge in [0.1, 0.15) is 11.5 Å². The minimum absolute atomic E-state index is 0.293. The summed E-state index contributed by atoms with van der Waals surface area (Å²) in [5, 5.41) is 3.06. The molecule has 0 heterocycles. The van der Waals surface area contributed by atoms with Crippen LogP contribution >= 0.6 is 0 Å². The molecule has 0 unspecified atom stereocenters. The van der Waals surface area contributed by atoms with Gasteiger partial charge in [-0.25, -0.2) is 4.99 Å². The van der Waals surface area contributed by atoms with E-state index in [1.807, 2.05) is 60.7 Å². The van der Waals surface area contributed by atoms with E-state index in [2.05, 4.69) is 10.3 Å². The molecular weight excluding hydrogens is 354 g/mol. The van der Waals surface area contributed by atoms with Crippen molar-refractivity contribution in [2.24, 2.45) is 10.7 Å². The van der Waals surface area contributed by atoms with Crippen molar-refractivity contribution >= 4 is 11.6 Å². The summed E-state index contributed by atoms with van der Waals surface area (Å²) in [7, 11) is 3.18. The van der Waals surface area contributed by atoms with Crippen LogP contribution in [0.2, 0.25) is 0 Å². The van der Waals surface area contributed by atoms with Crippen molar-refractivity contribution in [2.45, 2.75) is 6.54 Å². The van der Waals surface area contributed by atoms with Gasteiger partial charge >= 0.3 is 0 Å². The third kappa shape index (κ3) is 4.94. The number of ether oxygens (including phenoxy) is 3. The number of nitrogens with zero attached hydrogens (tertiary/aromatic N) is 1. The van der Waals surface area contributed by atoms with E-state index < -0.39 is 0 Å². The molecule has 3 N–H and O–H groups in total. The molecule has 0 saturated carbocycles. The summed E-state index contributed by atoms with van der Waals surface area (Å²) in [6, 6.07) is 22.8. The smallest absolute Gasteiger partial charge is 0.193 e. The zero-order chi connectivity index (χ0) is 19.8. The maximum atomic E-state index is 6.04. The van der Waals surface area contributed by atoms with Gasteiger partial charge in [0, 0.05) is 17.3 Å². The molecule has 0 aliphatic carbocycles. The number of benzene rings is 3. The zero-order valence-electron chi connectivity index (χ0n) is 15.9. The summed E-state index contributed by atoms with van der Waals surface area (Å²) in [6.45, 7) is 0.384. The fourth-order valence-electron chi connectivity index (χ4n) is 2.62. The number of guanidine groups is 1. The topological polar surface area (TPSA) is 78.1 Å². The number of hydrogen-bond acceptors (Lipinski definition) is 4. The lowest BCUT2D eigenvalue weighted by molar-refractivity contribution is 0.355. The monoisotopic (exact) mass is 377 g/mol. The van der Waals surface area contributed by atoms with Gasteiger partial charge in [-0.1, -0.05) is 36.4 Å². The SMILES string of the molecule is COc1ccc(NC(N)=NCc2ccccc2Oc2ccccc2)cc1OC. The van der Waals surface area contributed by atoms with Crippen molar-refractivity contribution in [2.75, 3.05) is 19.5 Å². The van der Waals surface area contributed by atoms with Gasteiger partial charge < -0.3 is 25.3 Å². The molecule has 0 aliphatic rings. The first-order chi connectivity index (χ1) is 13.7. The first-order valence-corrected chi connectivity index (χ1v) is 8.79. The Morgan fingerprint density at radius 1 is 0.857 bits per heavy atom. The Balaban J connectivity index is 1.70. The van der Waals surface area contributed by atoms with Crippen LogP contribution in [-0.4, -0.2) is 20.2 Å². The highest BCUT2D eigenvalue weighted by Gasteiger charge is 2.06. The fourth-order valence-corrected chi connectivity index (χ4v) is 2.62. The van der Waals surface area contributed by atoms with E-state index in [1.165, 1.54) is 0 Å². The molecule has 0 fully saturated rings. The van der Waals surface area contributed by atoms with Crippen LogP contribution in [0.1, 0.15) is 5.56 Å². The number of rotatable bonds is 7. The summed E-state index contributed by atoms with van der Waals surface area (Å²) in [6.07, 6.45) is 0. The standard InChI is InChI=1S/C22H23N3O3/c1-26-20-13-12-17(14-21(20)27-2)25-22(23)24-15-16-8-6-7-11-19(16)28-18-9-4-3-5-10-18/h3-14H,15H2,1-2H3,(H3,23,24,25). The maximum Gasteiger partial charge on any atom is 0.193 e. The average Bonchev–Trinajstić information content (AvgIpc) is 2.73. The lowest BCUT2D eigenvalue weighted by Crippen LogP contribution is -2.22. The molecule has 0 amide bonds. The summed E-state index contributed by atoms with van der Waals surface area (Å²) in [5.74, 6) is 3.07. The van der Waals surface area contributed by atoms with Crippen LogP contribution < -0.4 is 25.3 Å². The Morgan fingerprint density at radius 2 is 1.57 bits per heavy atom. The Labute approximate surface area is 164 Å². The zero-order valence-corrected chi connectivity index (χ0v) is 15.9. The second kappa shape index (κ2) is 9.32. The normalized spacial score (nSPS) is 11.0. The van der Waals surface area contributed by atoms with Crippen molar-refractivity contribution in [1.82, 2.24) is 0 Å². The quantitative estimate of drug-likeness (QED) is 0.471. The fraction of sp³-hybridized carbons (Fsp3) is 0.136. The largest absolute Gasteiger partial charge is 0.493 e. The highest BCUT2D eigenvalue weighted by atomic mass is 16.5. The Bertz CT molecular complexity index is 943. The van der Waals surface area contributed by atoms with E-state index in [1.54, 1.807) is 26.4 Å². The predicted octanol–water partition coefficient (Wildman–Crippen LogP) is 4.42. The highest BCUT2D eigenvalue weighted by molar-refractivity contribution is 5.92. The molecule has 144 valence electrons. The molecule has 0 saturated heterocycles. The molecule has 0 aliphatic heterocycles. The highest BCUT2D eigenvalue weighted by Crippen LogP contribution is 2.30. The second-order valence-corrected chi connectivity index (χ2v) is 5.92. The van der Waals surface area contributed by atoms with E-state index >= 15 is 0 Å². The van der Waals surface area contributed by atoms with Gasteiger partial charge in [-0.05, 0) is 30.3 Å². The lowest BCUT2D eigenvalue weighted by atomic mass is 10.2. The van der Waals surface area contributed by atoms with Crippen molar-refractivity contribution in [3.05, 3.63) is 78.4 Å². The molecule has 3 aromatic rings. The van der Waals surface area contributed by atoms with Gasteiger partial charge in [0.05, 0.1) is 20.8 Å². The molecule has 28 heavy (non-hydrogen) atoms. The average molecular weight is 377 g/mol. The number of nitrogens with two attached hydrogens (primary N) is 1. The van der Waals surface area contributed by atoms with Crippen molar-refractivity contribution in [1.29, 1.82) is 0 Å². The first kappa shape index (κ1) is 19.1. The third-order valence-corrected chi connectivity index (χ3v) is 4.02. The Kier molecular flexibility index (Phi) is 6.36. The van der Waals surface area contributed by atoms with Crippen molar-refractivity contribution < 1.29 is 14.2 Å². The van der Waals surface area contributed by atoms with E-state index in [0.29, 0.717) is 24.0 Å². The van der Waals surface area contributed by atoms with Crippen molar-refractivity contribution in [3.8, 4) is 23.0 Å². The summed E-state index contributed by atoms with van der Waals surface area (Å²) in [4.78, 5) is 4.42. The van der Waals surface area contributed by atoms with E-state index in [0.717, 1.165) is 22.7 Å². The van der Waals surface area contributed by atoms with Crippen molar-refractivity contribution in [3.63, 3.8) is 0 Å². The van der Waals surface area contributed by atoms with Gasteiger partial charge in [0.15, 0.2) is 17.5 Å². The summed E-state index contributed by atoms with van der Waals surface area (Å²) < 4.78 is 16.5. The molecule has 6 nitrogen and oxygen atoms in total. The maximum absolute atomic E-state index is 6.04. The Morgan fingerprint density at radius 3 is 2.32 bits per heavy atom. The molecule has 0 radical (unpaired) electrons. The van der Waals surface area contributed by atoms with Gasteiger partial charge in [-0.2, -0.15) is 0 Å². The summed E-state index contributed by atoms with van der Waals surface area (Å²) in [5.41, 5.74) is 7.74. The minimum Gasteiger partial charge on any atom is -0.493 e. The van der Waals surface area contributed by atoms with Gasteiger partial charge in [-0.15, -0.1) is 0 Å². The number of methoxy groups -OCH3 is 2. The number of nitrogens with one attached hydrogen (secondary N) is 1. The van der Waals surface area contributed by atoms with Crippen LogP contribution in [0.4, 0.5) is 5.69 Å². The molecule has 0 atom stereocenters. The lowest BCUT2D eigenvalue weighted by Gasteiger charge is -2.12. The second-order valence-electron chi connectivity index (χ2n) is 5.92. The van der Waals surface area contributed by atoms with Gasteiger partial charge in [0.2, 0.25) is 0 Å². The molecule has 0 bridgehead atoms. The number of hydrogen-bond donors (Lipinski definition) is 2. The molecule has 6 heteroatoms. The number of aliphatic imine (C=N–C) groups is 1. The van der Waals surface area contributed by atoms with E-state index in [4.69, 9.17) is 19.9 Å². The summed E-state index contributed by atoms with van der Waals surface area (Å²) >= 11 is 0. The third-order valence-electron chi connectivity index (χ3n) is 4.02. The van der Waals surface area contributed by atoms with Gasteiger partial charge in [-0.3, -0.25) is 0 Å². The van der Waals surface area contributed by atoms with E-state index in [-0.39, 0.29) is 0 Å². The number of para-hydroxylation sites is 2. The molecular formula is C22H23N3O3. The van der Waals surface area contributed by atoms with Crippen LogP contribution in [0.25, 0.3) is 0 Å². The van der Waals surface area contributed by atoms with E-state index in [9.17, 15) is 0 Å². The van der Waals surface area contributed by atoms with Crippen LogP contribution in [0, 0.1) is 0 Å². The predicted molar refractivity (Wildman–Crippen MR) is 111 cm³/mol. The van der Waals surface area contributed by atoms with Crippen LogP contribution in [0.5, 0.6) is 23.0 Å². The van der Waals surface area contributed by atoms with Crippen LogP contribution in [-0.2, 0) is 6.54 Å². The molecule has 0 aromatic heterocycles. The molecule has 0 spiro atoms. The van der Waals surface area contributed by atoms with Crippen LogP contribution in [0.3, 0.4) is 0 Å².